The van der Waals surface area contributed by atoms with Gasteiger partial charge in [0, 0.05) is 36.2 Å². The molecule has 2 aromatic carbocycles. The van der Waals surface area contributed by atoms with E-state index in [2.05, 4.69) is 27.0 Å². The second kappa shape index (κ2) is 9.36. The molecule has 6 nitrogen and oxygen atoms in total. The lowest BCUT2D eigenvalue weighted by Crippen LogP contribution is -2.47. The molecule has 2 aliphatic heterocycles. The number of benzene rings is 2. The number of rotatable bonds is 5. The van der Waals surface area contributed by atoms with Gasteiger partial charge in [0.1, 0.15) is 17.2 Å². The molecule has 2 saturated heterocycles. The van der Waals surface area contributed by atoms with Crippen molar-refractivity contribution >= 4 is 16.6 Å². The third-order valence-corrected chi connectivity index (χ3v) is 7.51. The molecular weight excluding hydrogens is 412 g/mol. The van der Waals surface area contributed by atoms with Gasteiger partial charge in [0.2, 0.25) is 0 Å². The number of nitriles is 1. The molecule has 0 unspecified atom stereocenters. The summed E-state index contributed by atoms with van der Waals surface area (Å²) in [6, 6.07) is 14.9. The van der Waals surface area contributed by atoms with Crippen LogP contribution in [0.4, 0.5) is 5.69 Å². The Bertz CT molecular complexity index is 1130. The first-order valence-corrected chi connectivity index (χ1v) is 11.9. The highest BCUT2D eigenvalue weighted by molar-refractivity contribution is 5.85. The molecule has 2 fully saturated rings. The molecule has 0 spiro atoms. The quantitative estimate of drug-likeness (QED) is 0.606. The van der Waals surface area contributed by atoms with E-state index in [9.17, 15) is 5.26 Å². The Morgan fingerprint density at radius 1 is 0.939 bits per heavy atom. The van der Waals surface area contributed by atoms with Gasteiger partial charge in [-0.15, -0.1) is 0 Å². The number of nitrogens with zero attached hydrogens (tertiary/aromatic N) is 3. The Kier molecular flexibility index (Phi) is 6.15. The summed E-state index contributed by atoms with van der Waals surface area (Å²) in [4.78, 5) is 8.52. The summed E-state index contributed by atoms with van der Waals surface area (Å²) in [5, 5.41) is 10.5. The Morgan fingerprint density at radius 3 is 2.27 bits per heavy atom. The highest BCUT2D eigenvalue weighted by atomic mass is 16.5. The van der Waals surface area contributed by atoms with Crippen molar-refractivity contribution in [3.63, 3.8) is 0 Å². The van der Waals surface area contributed by atoms with Crippen molar-refractivity contribution in [3.8, 4) is 17.6 Å². The fraction of sp³-hybridized carbons (Fsp3) is 0.444. The summed E-state index contributed by atoms with van der Waals surface area (Å²) in [6.45, 7) is 4.30. The molecule has 3 heterocycles. The van der Waals surface area contributed by atoms with Crippen LogP contribution in [0, 0.1) is 11.3 Å². The first-order valence-electron chi connectivity index (χ1n) is 11.9. The average molecular weight is 445 g/mol. The molecule has 0 aliphatic carbocycles. The predicted octanol–water partition coefficient (Wildman–Crippen LogP) is 4.91. The van der Waals surface area contributed by atoms with Crippen molar-refractivity contribution in [2.24, 2.45) is 0 Å². The molecule has 172 valence electrons. The van der Waals surface area contributed by atoms with Crippen LogP contribution in [0.15, 0.2) is 42.6 Å². The highest BCUT2D eigenvalue weighted by Crippen LogP contribution is 2.40. The summed E-state index contributed by atoms with van der Waals surface area (Å²) in [6.07, 6.45) is 6.81. The van der Waals surface area contributed by atoms with E-state index in [0.717, 1.165) is 67.3 Å². The van der Waals surface area contributed by atoms with Crippen LogP contribution in [0.25, 0.3) is 10.9 Å². The average Bonchev–Trinajstić information content (AvgIpc) is 3.31. The third-order valence-electron chi connectivity index (χ3n) is 7.51. The SMILES string of the molecule is COc1cccc(OC)c1N1CCC(N2CCC(c3c[nH]c4ccc(C#N)cc34)CC2)CC1. The van der Waals surface area contributed by atoms with Gasteiger partial charge in [0.05, 0.1) is 25.9 Å². The first kappa shape index (κ1) is 21.7. The molecule has 0 radical (unpaired) electrons. The maximum absolute atomic E-state index is 9.28. The number of hydrogen-bond acceptors (Lipinski definition) is 5. The number of ether oxygens (including phenoxy) is 2. The number of anilines is 1. The van der Waals surface area contributed by atoms with E-state index in [0.29, 0.717) is 12.0 Å². The number of para-hydroxylation sites is 1. The Balaban J connectivity index is 1.21. The Morgan fingerprint density at radius 2 is 1.64 bits per heavy atom. The van der Waals surface area contributed by atoms with Gasteiger partial charge in [-0.2, -0.15) is 5.26 Å². The van der Waals surface area contributed by atoms with Gasteiger partial charge in [-0.05, 0) is 80.6 Å². The van der Waals surface area contributed by atoms with E-state index in [4.69, 9.17) is 9.47 Å². The molecule has 0 saturated carbocycles. The van der Waals surface area contributed by atoms with Gasteiger partial charge < -0.3 is 24.3 Å². The minimum atomic E-state index is 0.557. The summed E-state index contributed by atoms with van der Waals surface area (Å²) in [5.74, 6) is 2.32. The van der Waals surface area contributed by atoms with E-state index in [1.807, 2.05) is 36.4 Å². The monoisotopic (exact) mass is 444 g/mol. The zero-order valence-corrected chi connectivity index (χ0v) is 19.5. The fourth-order valence-corrected chi connectivity index (χ4v) is 5.72. The molecule has 33 heavy (non-hydrogen) atoms. The number of H-pyrrole nitrogens is 1. The second-order valence-electron chi connectivity index (χ2n) is 9.16. The normalized spacial score (nSPS) is 18.4. The lowest BCUT2D eigenvalue weighted by molar-refractivity contribution is 0.132. The second-order valence-corrected chi connectivity index (χ2v) is 9.16. The van der Waals surface area contributed by atoms with E-state index in [1.165, 1.54) is 23.8 Å². The van der Waals surface area contributed by atoms with Crippen molar-refractivity contribution in [3.05, 3.63) is 53.7 Å². The van der Waals surface area contributed by atoms with E-state index in [1.54, 1.807) is 14.2 Å². The maximum Gasteiger partial charge on any atom is 0.145 e. The molecule has 5 rings (SSSR count). The summed E-state index contributed by atoms with van der Waals surface area (Å²) in [7, 11) is 3.45. The summed E-state index contributed by atoms with van der Waals surface area (Å²) < 4.78 is 11.2. The lowest BCUT2D eigenvalue weighted by atomic mass is 9.87. The number of likely N-dealkylation sites (tertiary alicyclic amines) is 1. The minimum absolute atomic E-state index is 0.557. The van der Waals surface area contributed by atoms with Crippen molar-refractivity contribution in [1.29, 1.82) is 5.26 Å². The van der Waals surface area contributed by atoms with Crippen LogP contribution in [-0.2, 0) is 0 Å². The molecule has 0 bridgehead atoms. The number of piperidine rings is 2. The van der Waals surface area contributed by atoms with Gasteiger partial charge in [-0.25, -0.2) is 0 Å². The van der Waals surface area contributed by atoms with Gasteiger partial charge >= 0.3 is 0 Å². The van der Waals surface area contributed by atoms with E-state index >= 15 is 0 Å². The number of hydrogen-bond donors (Lipinski definition) is 1. The van der Waals surface area contributed by atoms with Crippen LogP contribution < -0.4 is 14.4 Å². The fourth-order valence-electron chi connectivity index (χ4n) is 5.72. The molecule has 0 atom stereocenters. The number of nitrogens with one attached hydrogen (secondary N) is 1. The molecule has 2 aliphatic rings. The van der Waals surface area contributed by atoms with Gasteiger partial charge in [0.25, 0.3) is 0 Å². The van der Waals surface area contributed by atoms with Crippen molar-refractivity contribution in [2.75, 3.05) is 45.3 Å². The highest BCUT2D eigenvalue weighted by Gasteiger charge is 2.31. The molecule has 0 amide bonds. The minimum Gasteiger partial charge on any atom is -0.494 e. The van der Waals surface area contributed by atoms with Crippen LogP contribution in [0.2, 0.25) is 0 Å². The predicted molar refractivity (Wildman–Crippen MR) is 131 cm³/mol. The van der Waals surface area contributed by atoms with Crippen molar-refractivity contribution < 1.29 is 9.47 Å². The largest absolute Gasteiger partial charge is 0.494 e. The zero-order valence-electron chi connectivity index (χ0n) is 19.5. The maximum atomic E-state index is 9.28. The van der Waals surface area contributed by atoms with Gasteiger partial charge in [-0.1, -0.05) is 6.07 Å². The standard InChI is InChI=1S/C27H32N4O2/c1-32-25-4-3-5-26(33-2)27(25)31-14-10-21(11-15-31)30-12-8-20(9-13-30)23-18-29-24-7-6-19(17-28)16-22(23)24/h3-7,16,18,20-21,29H,8-15H2,1-2H3. The molecule has 1 N–H and O–H groups in total. The smallest absolute Gasteiger partial charge is 0.145 e. The Labute approximate surface area is 195 Å². The Hall–Kier alpha value is -3.17. The van der Waals surface area contributed by atoms with Crippen LogP contribution in [0.3, 0.4) is 0 Å². The number of aromatic nitrogens is 1. The van der Waals surface area contributed by atoms with Crippen LogP contribution in [0.1, 0.15) is 42.7 Å². The molecule has 1 aromatic heterocycles. The van der Waals surface area contributed by atoms with Crippen LogP contribution in [-0.4, -0.2) is 56.3 Å². The van der Waals surface area contributed by atoms with Gasteiger partial charge in [-0.3, -0.25) is 0 Å². The number of fused-ring (bicyclic) bond motifs is 1. The van der Waals surface area contributed by atoms with E-state index < -0.39 is 0 Å². The summed E-state index contributed by atoms with van der Waals surface area (Å²) >= 11 is 0. The lowest BCUT2D eigenvalue weighted by Gasteiger charge is -2.42. The molecular formula is C27H32N4O2. The van der Waals surface area contributed by atoms with Crippen LogP contribution >= 0.6 is 0 Å². The number of methoxy groups -OCH3 is 2. The summed E-state index contributed by atoms with van der Waals surface area (Å²) in [5.41, 5.74) is 4.32. The first-order chi connectivity index (χ1) is 16.2. The number of aromatic amines is 1. The van der Waals surface area contributed by atoms with Gasteiger partial charge in [0.15, 0.2) is 0 Å². The van der Waals surface area contributed by atoms with Crippen molar-refractivity contribution in [2.45, 2.75) is 37.6 Å². The van der Waals surface area contributed by atoms with Crippen LogP contribution in [0.5, 0.6) is 11.5 Å². The third kappa shape index (κ3) is 4.14. The van der Waals surface area contributed by atoms with E-state index in [-0.39, 0.29) is 0 Å². The van der Waals surface area contributed by atoms with Crippen molar-refractivity contribution in [1.82, 2.24) is 9.88 Å². The molecule has 3 aromatic rings. The molecule has 6 heteroatoms. The zero-order chi connectivity index (χ0) is 22.8. The topological polar surface area (TPSA) is 64.5 Å².